The predicted octanol–water partition coefficient (Wildman–Crippen LogP) is 2.57. The summed E-state index contributed by atoms with van der Waals surface area (Å²) in [4.78, 5) is 24.5. The van der Waals surface area contributed by atoms with Gasteiger partial charge in [-0.3, -0.25) is 4.79 Å². The predicted molar refractivity (Wildman–Crippen MR) is 82.5 cm³/mol. The second kappa shape index (κ2) is 7.59. The van der Waals surface area contributed by atoms with Gasteiger partial charge in [-0.1, -0.05) is 23.8 Å². The number of amides is 1. The normalized spacial score (nSPS) is 10.1. The highest BCUT2D eigenvalue weighted by Gasteiger charge is 2.09. The van der Waals surface area contributed by atoms with Gasteiger partial charge in [-0.25, -0.2) is 4.79 Å². The van der Waals surface area contributed by atoms with Crippen molar-refractivity contribution in [1.82, 2.24) is 5.32 Å². The molecule has 0 bridgehead atoms. The van der Waals surface area contributed by atoms with Crippen LogP contribution in [0.1, 0.15) is 20.8 Å². The molecular formula is C16H17NO3S. The molecule has 0 saturated carbocycles. The van der Waals surface area contributed by atoms with Crippen LogP contribution in [0.3, 0.4) is 0 Å². The van der Waals surface area contributed by atoms with Gasteiger partial charge in [0.2, 0.25) is 0 Å². The first-order valence-electron chi connectivity index (χ1n) is 6.68. The van der Waals surface area contributed by atoms with Crippen LogP contribution >= 0.6 is 11.3 Å². The average molecular weight is 303 g/mol. The molecule has 1 aromatic heterocycles. The van der Waals surface area contributed by atoms with Crippen molar-refractivity contribution in [3.05, 3.63) is 57.8 Å². The first-order valence-corrected chi connectivity index (χ1v) is 7.56. The lowest BCUT2D eigenvalue weighted by atomic mass is 10.1. The fraction of sp³-hybridized carbons (Fsp3) is 0.250. The van der Waals surface area contributed by atoms with E-state index in [1.807, 2.05) is 36.6 Å². The van der Waals surface area contributed by atoms with Crippen LogP contribution in [0.25, 0.3) is 0 Å². The smallest absolute Gasteiger partial charge is 0.338 e. The van der Waals surface area contributed by atoms with E-state index in [-0.39, 0.29) is 12.5 Å². The molecule has 0 aliphatic carbocycles. The fourth-order valence-electron chi connectivity index (χ4n) is 1.74. The summed E-state index contributed by atoms with van der Waals surface area (Å²) in [6.45, 7) is 2.23. The Labute approximate surface area is 127 Å². The number of benzene rings is 1. The van der Waals surface area contributed by atoms with Gasteiger partial charge >= 0.3 is 5.97 Å². The Bertz CT molecular complexity index is 590. The number of nitrogens with one attached hydrogen (secondary N) is 1. The molecule has 0 radical (unpaired) electrons. The minimum atomic E-state index is -0.483. The molecule has 0 spiro atoms. The lowest BCUT2D eigenvalue weighted by Gasteiger charge is -2.06. The molecule has 0 aliphatic heterocycles. The van der Waals surface area contributed by atoms with Gasteiger partial charge in [0.15, 0.2) is 6.61 Å². The van der Waals surface area contributed by atoms with Crippen LogP contribution in [0.4, 0.5) is 0 Å². The van der Waals surface area contributed by atoms with Gasteiger partial charge in [-0.2, -0.15) is 0 Å². The molecule has 4 nitrogen and oxygen atoms in total. The Morgan fingerprint density at radius 2 is 1.95 bits per heavy atom. The van der Waals surface area contributed by atoms with Crippen molar-refractivity contribution in [3.8, 4) is 0 Å². The third-order valence-corrected chi connectivity index (χ3v) is 3.83. The molecule has 0 unspecified atom stereocenters. The molecule has 110 valence electrons. The van der Waals surface area contributed by atoms with Crippen molar-refractivity contribution in [2.75, 3.05) is 13.2 Å². The molecule has 1 N–H and O–H groups in total. The molecule has 0 fully saturated rings. The Morgan fingerprint density at radius 3 is 2.62 bits per heavy atom. The van der Waals surface area contributed by atoms with E-state index >= 15 is 0 Å². The Kier molecular flexibility index (Phi) is 5.51. The van der Waals surface area contributed by atoms with Crippen molar-refractivity contribution >= 4 is 23.2 Å². The van der Waals surface area contributed by atoms with Crippen molar-refractivity contribution in [2.45, 2.75) is 13.3 Å². The van der Waals surface area contributed by atoms with E-state index in [1.54, 1.807) is 23.5 Å². The van der Waals surface area contributed by atoms with Crippen LogP contribution in [0.15, 0.2) is 41.8 Å². The topological polar surface area (TPSA) is 55.4 Å². The van der Waals surface area contributed by atoms with Gasteiger partial charge < -0.3 is 10.1 Å². The molecule has 1 amide bonds. The first kappa shape index (κ1) is 15.3. The van der Waals surface area contributed by atoms with Gasteiger partial charge in [-0.05, 0) is 36.9 Å². The number of rotatable bonds is 6. The van der Waals surface area contributed by atoms with Gasteiger partial charge in [-0.15, -0.1) is 11.3 Å². The molecule has 21 heavy (non-hydrogen) atoms. The van der Waals surface area contributed by atoms with Crippen LogP contribution in [0.5, 0.6) is 0 Å². The van der Waals surface area contributed by atoms with Crippen LogP contribution in [-0.4, -0.2) is 25.0 Å². The molecule has 0 saturated heterocycles. The lowest BCUT2D eigenvalue weighted by molar-refractivity contribution is -0.124. The number of aryl methyl sites for hydroxylation is 1. The van der Waals surface area contributed by atoms with Gasteiger partial charge in [0.1, 0.15) is 0 Å². The molecule has 1 aromatic carbocycles. The second-order valence-electron chi connectivity index (χ2n) is 4.62. The number of carbonyl (C=O) groups is 2. The summed E-state index contributed by atoms with van der Waals surface area (Å²) in [6.07, 6.45) is 0.787. The van der Waals surface area contributed by atoms with Gasteiger partial charge in [0, 0.05) is 11.4 Å². The van der Waals surface area contributed by atoms with Gasteiger partial charge in [0.05, 0.1) is 5.56 Å². The van der Waals surface area contributed by atoms with E-state index in [1.165, 1.54) is 4.88 Å². The van der Waals surface area contributed by atoms with Crippen LogP contribution in [-0.2, 0) is 16.0 Å². The summed E-state index contributed by atoms with van der Waals surface area (Å²) < 4.78 is 4.97. The highest BCUT2D eigenvalue weighted by Crippen LogP contribution is 2.08. The van der Waals surface area contributed by atoms with E-state index in [2.05, 4.69) is 5.32 Å². The molecule has 0 atom stereocenters. The number of carbonyl (C=O) groups excluding carboxylic acids is 2. The van der Waals surface area contributed by atoms with Crippen molar-refractivity contribution < 1.29 is 14.3 Å². The molecule has 0 aliphatic rings. The van der Waals surface area contributed by atoms with E-state index in [0.29, 0.717) is 12.1 Å². The zero-order chi connectivity index (χ0) is 15.1. The maximum atomic E-state index is 11.7. The Morgan fingerprint density at radius 1 is 1.19 bits per heavy atom. The maximum absolute atomic E-state index is 11.7. The summed E-state index contributed by atoms with van der Waals surface area (Å²) in [5.74, 6) is -0.768. The third-order valence-electron chi connectivity index (χ3n) is 2.90. The summed E-state index contributed by atoms with van der Waals surface area (Å²) in [7, 11) is 0. The van der Waals surface area contributed by atoms with Crippen LogP contribution < -0.4 is 5.32 Å². The Hall–Kier alpha value is -2.14. The van der Waals surface area contributed by atoms with E-state index in [0.717, 1.165) is 12.0 Å². The number of thiophene rings is 1. The summed E-state index contributed by atoms with van der Waals surface area (Å²) in [5.41, 5.74) is 1.52. The monoisotopic (exact) mass is 303 g/mol. The molecule has 2 rings (SSSR count). The van der Waals surface area contributed by atoms with E-state index < -0.39 is 5.97 Å². The number of hydrogen-bond donors (Lipinski definition) is 1. The van der Waals surface area contributed by atoms with Gasteiger partial charge in [0.25, 0.3) is 5.91 Å². The number of ether oxygens (including phenoxy) is 1. The Balaban J connectivity index is 1.68. The van der Waals surface area contributed by atoms with Crippen molar-refractivity contribution in [2.24, 2.45) is 0 Å². The lowest BCUT2D eigenvalue weighted by Crippen LogP contribution is -2.30. The standard InChI is InChI=1S/C16H17NO3S/c1-12-4-6-13(7-5-12)16(19)20-11-15(18)17-9-8-14-3-2-10-21-14/h2-7,10H,8-9,11H2,1H3,(H,17,18). The fourth-order valence-corrected chi connectivity index (χ4v) is 2.44. The van der Waals surface area contributed by atoms with Crippen molar-refractivity contribution in [1.29, 1.82) is 0 Å². The SMILES string of the molecule is Cc1ccc(C(=O)OCC(=O)NCCc2cccs2)cc1. The molecule has 2 aromatic rings. The third kappa shape index (κ3) is 5.04. The first-order chi connectivity index (χ1) is 10.1. The zero-order valence-electron chi connectivity index (χ0n) is 11.8. The zero-order valence-corrected chi connectivity index (χ0v) is 12.6. The summed E-state index contributed by atoms with van der Waals surface area (Å²) in [5, 5.41) is 4.73. The summed E-state index contributed by atoms with van der Waals surface area (Å²) in [6, 6.07) is 11.0. The maximum Gasteiger partial charge on any atom is 0.338 e. The minimum absolute atomic E-state index is 0.253. The van der Waals surface area contributed by atoms with Crippen molar-refractivity contribution in [3.63, 3.8) is 0 Å². The minimum Gasteiger partial charge on any atom is -0.452 e. The quantitative estimate of drug-likeness (QED) is 0.835. The van der Waals surface area contributed by atoms with Crippen LogP contribution in [0.2, 0.25) is 0 Å². The summed E-state index contributed by atoms with van der Waals surface area (Å²) >= 11 is 1.65. The number of hydrogen-bond acceptors (Lipinski definition) is 4. The molecule has 1 heterocycles. The molecular weight excluding hydrogens is 286 g/mol. The molecule has 5 heteroatoms. The highest BCUT2D eigenvalue weighted by atomic mass is 32.1. The van der Waals surface area contributed by atoms with Crippen LogP contribution in [0, 0.1) is 6.92 Å². The average Bonchev–Trinajstić information content (AvgIpc) is 2.99. The van der Waals surface area contributed by atoms with E-state index in [9.17, 15) is 9.59 Å². The second-order valence-corrected chi connectivity index (χ2v) is 5.65. The number of esters is 1. The largest absolute Gasteiger partial charge is 0.452 e. The van der Waals surface area contributed by atoms with E-state index in [4.69, 9.17) is 4.74 Å². The highest BCUT2D eigenvalue weighted by molar-refractivity contribution is 7.09.